The number of pyridine rings is 1. The number of aryl methyl sites for hydroxylation is 2. The van der Waals surface area contributed by atoms with Crippen LogP contribution in [-0.4, -0.2) is 27.1 Å². The Labute approximate surface area is 140 Å². The van der Waals surface area contributed by atoms with Crippen molar-refractivity contribution in [3.8, 4) is 5.75 Å². The van der Waals surface area contributed by atoms with Crippen molar-refractivity contribution in [2.45, 2.75) is 20.5 Å². The molecule has 0 aliphatic carbocycles. The van der Waals surface area contributed by atoms with Crippen LogP contribution in [0.1, 0.15) is 28.7 Å². The van der Waals surface area contributed by atoms with Crippen LogP contribution in [0.4, 0.5) is 0 Å². The van der Waals surface area contributed by atoms with Crippen LogP contribution in [0.15, 0.2) is 36.5 Å². The van der Waals surface area contributed by atoms with Crippen molar-refractivity contribution in [3.05, 3.63) is 53.5 Å². The Morgan fingerprint density at radius 1 is 1.25 bits per heavy atom. The normalized spacial score (nSPS) is 10.8. The SMILES string of the molecule is CCOC(=O)c1cnc2c(nc(C)n2C)c1OCc1ccccc1. The Balaban J connectivity index is 2.05. The number of esters is 1. The molecule has 0 aliphatic rings. The Morgan fingerprint density at radius 3 is 2.71 bits per heavy atom. The van der Waals surface area contributed by atoms with E-state index in [1.165, 1.54) is 6.20 Å². The zero-order valence-corrected chi connectivity index (χ0v) is 13.9. The first-order valence-electron chi connectivity index (χ1n) is 7.77. The second kappa shape index (κ2) is 6.70. The molecule has 2 heterocycles. The van der Waals surface area contributed by atoms with Gasteiger partial charge in [0.25, 0.3) is 0 Å². The van der Waals surface area contributed by atoms with Crippen molar-refractivity contribution < 1.29 is 14.3 Å². The third-order valence-corrected chi connectivity index (χ3v) is 3.79. The molecule has 0 amide bonds. The Hall–Kier alpha value is -2.89. The van der Waals surface area contributed by atoms with E-state index in [1.54, 1.807) is 6.92 Å². The molecule has 0 saturated heterocycles. The van der Waals surface area contributed by atoms with Gasteiger partial charge in [-0.2, -0.15) is 0 Å². The van der Waals surface area contributed by atoms with Gasteiger partial charge in [-0.05, 0) is 19.4 Å². The largest absolute Gasteiger partial charge is 0.486 e. The van der Waals surface area contributed by atoms with Crippen molar-refractivity contribution >= 4 is 17.1 Å². The van der Waals surface area contributed by atoms with Crippen LogP contribution in [0.25, 0.3) is 11.2 Å². The van der Waals surface area contributed by atoms with Crippen LogP contribution in [0.5, 0.6) is 5.75 Å². The van der Waals surface area contributed by atoms with Gasteiger partial charge in [0.1, 0.15) is 18.0 Å². The quantitative estimate of drug-likeness (QED) is 0.675. The predicted octanol–water partition coefficient (Wildman–Crippen LogP) is 3.03. The lowest BCUT2D eigenvalue weighted by molar-refractivity contribution is 0.0521. The fraction of sp³-hybridized carbons (Fsp3) is 0.278. The number of fused-ring (bicyclic) bond motifs is 1. The summed E-state index contributed by atoms with van der Waals surface area (Å²) >= 11 is 0. The molecule has 0 radical (unpaired) electrons. The molecule has 3 aromatic rings. The highest BCUT2D eigenvalue weighted by atomic mass is 16.5. The molecule has 0 atom stereocenters. The standard InChI is InChI=1S/C18H19N3O3/c1-4-23-18(22)14-10-19-17-15(20-12(2)21(17)3)16(14)24-11-13-8-6-5-7-9-13/h5-10H,4,11H2,1-3H3. The molecule has 0 N–H and O–H groups in total. The minimum Gasteiger partial charge on any atom is -0.486 e. The molecule has 6 nitrogen and oxygen atoms in total. The molecule has 24 heavy (non-hydrogen) atoms. The molecule has 0 unspecified atom stereocenters. The van der Waals surface area contributed by atoms with E-state index in [4.69, 9.17) is 9.47 Å². The monoisotopic (exact) mass is 325 g/mol. The zero-order chi connectivity index (χ0) is 17.1. The predicted molar refractivity (Wildman–Crippen MR) is 90.0 cm³/mol. The van der Waals surface area contributed by atoms with Crippen LogP contribution in [0, 0.1) is 6.92 Å². The number of nitrogens with zero attached hydrogens (tertiary/aromatic N) is 3. The summed E-state index contributed by atoms with van der Waals surface area (Å²) in [5.74, 6) is 0.743. The van der Waals surface area contributed by atoms with Gasteiger partial charge >= 0.3 is 5.97 Å². The molecule has 2 aromatic heterocycles. The minimum absolute atomic E-state index is 0.288. The van der Waals surface area contributed by atoms with E-state index in [0.717, 1.165) is 11.4 Å². The molecular weight excluding hydrogens is 306 g/mol. The van der Waals surface area contributed by atoms with Gasteiger partial charge in [-0.3, -0.25) is 0 Å². The van der Waals surface area contributed by atoms with Gasteiger partial charge in [-0.25, -0.2) is 14.8 Å². The van der Waals surface area contributed by atoms with Crippen molar-refractivity contribution in [2.75, 3.05) is 6.61 Å². The second-order valence-corrected chi connectivity index (χ2v) is 5.39. The van der Waals surface area contributed by atoms with E-state index in [2.05, 4.69) is 9.97 Å². The molecular formula is C18H19N3O3. The number of benzene rings is 1. The van der Waals surface area contributed by atoms with Crippen LogP contribution >= 0.6 is 0 Å². The van der Waals surface area contributed by atoms with Crippen LogP contribution in [-0.2, 0) is 18.4 Å². The number of rotatable bonds is 5. The van der Waals surface area contributed by atoms with Gasteiger partial charge in [-0.1, -0.05) is 30.3 Å². The fourth-order valence-electron chi connectivity index (χ4n) is 2.44. The summed E-state index contributed by atoms with van der Waals surface area (Å²) in [5, 5.41) is 0. The number of aromatic nitrogens is 3. The van der Waals surface area contributed by atoms with E-state index in [9.17, 15) is 4.79 Å². The van der Waals surface area contributed by atoms with E-state index < -0.39 is 5.97 Å². The molecule has 6 heteroatoms. The van der Waals surface area contributed by atoms with Crippen molar-refractivity contribution in [1.82, 2.24) is 14.5 Å². The van der Waals surface area contributed by atoms with Crippen LogP contribution in [0.2, 0.25) is 0 Å². The average Bonchev–Trinajstić information content (AvgIpc) is 2.89. The summed E-state index contributed by atoms with van der Waals surface area (Å²) in [6, 6.07) is 9.76. The summed E-state index contributed by atoms with van der Waals surface area (Å²) in [6.07, 6.45) is 1.49. The Morgan fingerprint density at radius 2 is 2.00 bits per heavy atom. The van der Waals surface area contributed by atoms with Crippen LogP contribution < -0.4 is 4.74 Å². The summed E-state index contributed by atoms with van der Waals surface area (Å²) in [7, 11) is 1.88. The van der Waals surface area contributed by atoms with Gasteiger partial charge < -0.3 is 14.0 Å². The number of ether oxygens (including phenoxy) is 2. The topological polar surface area (TPSA) is 66.2 Å². The van der Waals surface area contributed by atoms with Crippen LogP contribution in [0.3, 0.4) is 0 Å². The molecule has 0 bridgehead atoms. The van der Waals surface area contributed by atoms with E-state index in [0.29, 0.717) is 29.1 Å². The summed E-state index contributed by atoms with van der Waals surface area (Å²) < 4.78 is 12.9. The number of imidazole rings is 1. The second-order valence-electron chi connectivity index (χ2n) is 5.39. The third kappa shape index (κ3) is 2.95. The number of hydrogen-bond acceptors (Lipinski definition) is 5. The van der Waals surface area contributed by atoms with Gasteiger partial charge in [0.2, 0.25) is 0 Å². The maximum absolute atomic E-state index is 12.2. The van der Waals surface area contributed by atoms with E-state index in [1.807, 2.05) is 48.9 Å². The first-order valence-corrected chi connectivity index (χ1v) is 7.77. The van der Waals surface area contributed by atoms with Gasteiger partial charge in [-0.15, -0.1) is 0 Å². The molecule has 0 saturated carbocycles. The van der Waals surface area contributed by atoms with Crippen molar-refractivity contribution in [1.29, 1.82) is 0 Å². The average molecular weight is 325 g/mol. The smallest absolute Gasteiger partial charge is 0.343 e. The summed E-state index contributed by atoms with van der Waals surface area (Å²) in [6.45, 7) is 4.27. The molecule has 0 fully saturated rings. The maximum Gasteiger partial charge on any atom is 0.343 e. The molecule has 0 spiro atoms. The van der Waals surface area contributed by atoms with E-state index >= 15 is 0 Å². The number of carbonyl (C=O) groups excluding carboxylic acids is 1. The summed E-state index contributed by atoms with van der Waals surface area (Å²) in [5.41, 5.74) is 2.53. The maximum atomic E-state index is 12.2. The van der Waals surface area contributed by atoms with Gasteiger partial charge in [0.05, 0.1) is 6.61 Å². The lowest BCUT2D eigenvalue weighted by Gasteiger charge is -2.11. The third-order valence-electron chi connectivity index (χ3n) is 3.79. The lowest BCUT2D eigenvalue weighted by atomic mass is 10.2. The van der Waals surface area contributed by atoms with Gasteiger partial charge in [0.15, 0.2) is 16.9 Å². The molecule has 124 valence electrons. The van der Waals surface area contributed by atoms with Crippen molar-refractivity contribution in [2.24, 2.45) is 7.05 Å². The first kappa shape index (κ1) is 16.0. The number of carbonyl (C=O) groups is 1. The van der Waals surface area contributed by atoms with Crippen molar-refractivity contribution in [3.63, 3.8) is 0 Å². The highest BCUT2D eigenvalue weighted by molar-refractivity contribution is 5.98. The molecule has 3 rings (SSSR count). The lowest BCUT2D eigenvalue weighted by Crippen LogP contribution is -2.09. The molecule has 0 aliphatic heterocycles. The zero-order valence-electron chi connectivity index (χ0n) is 13.9. The van der Waals surface area contributed by atoms with E-state index in [-0.39, 0.29) is 6.61 Å². The Bertz CT molecular complexity index is 872. The highest BCUT2D eigenvalue weighted by Crippen LogP contribution is 2.29. The minimum atomic E-state index is -0.460. The summed E-state index contributed by atoms with van der Waals surface area (Å²) in [4.78, 5) is 21.1. The van der Waals surface area contributed by atoms with Gasteiger partial charge in [0, 0.05) is 13.2 Å². The number of hydrogen-bond donors (Lipinski definition) is 0. The first-order chi connectivity index (χ1) is 11.6. The highest BCUT2D eigenvalue weighted by Gasteiger charge is 2.21. The fourth-order valence-corrected chi connectivity index (χ4v) is 2.44. The Kier molecular flexibility index (Phi) is 4.46. The molecule has 1 aromatic carbocycles.